The molecular formula is C9H18N2O2S. The molecule has 0 radical (unpaired) electrons. The zero-order valence-electron chi connectivity index (χ0n) is 8.35. The number of nitrogens with zero attached hydrogens (tertiary/aromatic N) is 1. The molecule has 2 N–H and O–H groups in total. The molecule has 1 saturated heterocycles. The van der Waals surface area contributed by atoms with Gasteiger partial charge in [0.2, 0.25) is 0 Å². The largest absolute Gasteiger partial charge is 0.329 e. The van der Waals surface area contributed by atoms with Gasteiger partial charge in [-0.15, -0.1) is 0 Å². The lowest BCUT2D eigenvalue weighted by molar-refractivity contribution is 0.196. The number of rotatable bonds is 3. The molecule has 2 aliphatic rings. The second-order valence-corrected chi connectivity index (χ2v) is 6.63. The minimum Gasteiger partial charge on any atom is -0.329 e. The van der Waals surface area contributed by atoms with Gasteiger partial charge in [0.05, 0.1) is 11.5 Å². The van der Waals surface area contributed by atoms with Crippen LogP contribution in [-0.2, 0) is 9.84 Å². The molecule has 0 bridgehead atoms. The molecule has 0 aromatic rings. The van der Waals surface area contributed by atoms with E-state index >= 15 is 0 Å². The van der Waals surface area contributed by atoms with Crippen molar-refractivity contribution in [3.63, 3.8) is 0 Å². The van der Waals surface area contributed by atoms with E-state index in [9.17, 15) is 8.42 Å². The van der Waals surface area contributed by atoms with Crippen LogP contribution >= 0.6 is 0 Å². The van der Waals surface area contributed by atoms with Crippen LogP contribution in [0.4, 0.5) is 0 Å². The summed E-state index contributed by atoms with van der Waals surface area (Å²) >= 11 is 0. The van der Waals surface area contributed by atoms with Crippen LogP contribution in [-0.4, -0.2) is 50.5 Å². The van der Waals surface area contributed by atoms with E-state index in [0.29, 0.717) is 37.2 Å². The Hall–Kier alpha value is -0.130. The van der Waals surface area contributed by atoms with Gasteiger partial charge >= 0.3 is 0 Å². The maximum Gasteiger partial charge on any atom is 0.152 e. The first-order chi connectivity index (χ1) is 6.62. The topological polar surface area (TPSA) is 63.4 Å². The van der Waals surface area contributed by atoms with Crippen molar-refractivity contribution in [2.45, 2.75) is 18.9 Å². The van der Waals surface area contributed by atoms with Crippen molar-refractivity contribution < 1.29 is 8.42 Å². The smallest absolute Gasteiger partial charge is 0.152 e. The number of hydrogen-bond donors (Lipinski definition) is 1. The van der Waals surface area contributed by atoms with E-state index in [1.165, 1.54) is 12.8 Å². The monoisotopic (exact) mass is 218 g/mol. The minimum absolute atomic E-state index is 0.316. The van der Waals surface area contributed by atoms with Crippen molar-refractivity contribution in [3.8, 4) is 0 Å². The van der Waals surface area contributed by atoms with Crippen molar-refractivity contribution in [3.05, 3.63) is 0 Å². The molecule has 4 nitrogen and oxygen atoms in total. The number of nitrogens with two attached hydrogens (primary N) is 1. The molecule has 1 aliphatic heterocycles. The van der Waals surface area contributed by atoms with E-state index in [2.05, 4.69) is 4.90 Å². The third kappa shape index (κ3) is 2.27. The van der Waals surface area contributed by atoms with Gasteiger partial charge in [-0.2, -0.15) is 0 Å². The Morgan fingerprint density at radius 1 is 1.29 bits per heavy atom. The molecule has 1 aliphatic carbocycles. The van der Waals surface area contributed by atoms with Crippen LogP contribution in [0, 0.1) is 5.92 Å². The average Bonchev–Trinajstić information content (AvgIpc) is 2.93. The molecule has 14 heavy (non-hydrogen) atoms. The van der Waals surface area contributed by atoms with Gasteiger partial charge in [0.15, 0.2) is 9.84 Å². The van der Waals surface area contributed by atoms with Gasteiger partial charge in [-0.05, 0) is 18.8 Å². The highest BCUT2D eigenvalue weighted by Crippen LogP contribution is 2.35. The highest BCUT2D eigenvalue weighted by Gasteiger charge is 2.36. The van der Waals surface area contributed by atoms with Gasteiger partial charge in [-0.3, -0.25) is 4.90 Å². The molecule has 0 aromatic carbocycles. The quantitative estimate of drug-likeness (QED) is 0.690. The summed E-state index contributed by atoms with van der Waals surface area (Å²) < 4.78 is 22.5. The first-order valence-corrected chi connectivity index (χ1v) is 7.09. The van der Waals surface area contributed by atoms with Crippen molar-refractivity contribution in [1.29, 1.82) is 0 Å². The van der Waals surface area contributed by atoms with E-state index in [1.54, 1.807) is 0 Å². The van der Waals surface area contributed by atoms with Crippen molar-refractivity contribution >= 4 is 9.84 Å². The molecule has 1 heterocycles. The first-order valence-electron chi connectivity index (χ1n) is 5.27. The summed E-state index contributed by atoms with van der Waals surface area (Å²) in [6, 6.07) is 0.436. The van der Waals surface area contributed by atoms with E-state index in [-0.39, 0.29) is 0 Å². The maximum absolute atomic E-state index is 11.2. The highest BCUT2D eigenvalue weighted by atomic mass is 32.2. The highest BCUT2D eigenvalue weighted by molar-refractivity contribution is 7.91. The molecule has 0 spiro atoms. The zero-order chi connectivity index (χ0) is 10.2. The second-order valence-electron chi connectivity index (χ2n) is 4.33. The lowest BCUT2D eigenvalue weighted by atomic mass is 10.1. The second kappa shape index (κ2) is 3.79. The van der Waals surface area contributed by atoms with E-state index in [1.807, 2.05) is 0 Å². The van der Waals surface area contributed by atoms with Crippen LogP contribution in [0.3, 0.4) is 0 Å². The summed E-state index contributed by atoms with van der Waals surface area (Å²) in [5.74, 6) is 1.37. The third-order valence-corrected chi connectivity index (χ3v) is 4.86. The van der Waals surface area contributed by atoms with E-state index in [0.717, 1.165) is 5.92 Å². The lowest BCUT2D eigenvalue weighted by Crippen LogP contribution is -2.49. The summed E-state index contributed by atoms with van der Waals surface area (Å²) in [5.41, 5.74) is 5.72. The predicted octanol–water partition coefficient (Wildman–Crippen LogP) is -0.546. The fourth-order valence-electron chi connectivity index (χ4n) is 2.18. The Kier molecular flexibility index (Phi) is 2.81. The summed E-state index contributed by atoms with van der Waals surface area (Å²) in [5, 5.41) is 0. The Bertz CT molecular complexity index is 284. The summed E-state index contributed by atoms with van der Waals surface area (Å²) in [7, 11) is -2.75. The van der Waals surface area contributed by atoms with Crippen LogP contribution in [0.2, 0.25) is 0 Å². The molecule has 1 atom stereocenters. The number of sulfone groups is 1. The van der Waals surface area contributed by atoms with Gasteiger partial charge < -0.3 is 5.73 Å². The maximum atomic E-state index is 11.2. The van der Waals surface area contributed by atoms with Crippen LogP contribution in [0.1, 0.15) is 12.8 Å². The van der Waals surface area contributed by atoms with Gasteiger partial charge in [-0.25, -0.2) is 8.42 Å². The van der Waals surface area contributed by atoms with Crippen molar-refractivity contribution in [1.82, 2.24) is 4.90 Å². The fourth-order valence-corrected chi connectivity index (χ4v) is 3.41. The molecule has 0 amide bonds. The molecule has 2 rings (SSSR count). The minimum atomic E-state index is -2.75. The normalized spacial score (nSPS) is 30.1. The molecule has 5 heteroatoms. The van der Waals surface area contributed by atoms with Crippen molar-refractivity contribution in [2.24, 2.45) is 11.7 Å². The summed E-state index contributed by atoms with van der Waals surface area (Å²) in [4.78, 5) is 2.26. The molecule has 82 valence electrons. The van der Waals surface area contributed by atoms with Gasteiger partial charge in [-0.1, -0.05) is 0 Å². The van der Waals surface area contributed by atoms with Crippen molar-refractivity contribution in [2.75, 3.05) is 31.1 Å². The average molecular weight is 218 g/mol. The standard InChI is InChI=1S/C9H18N2O2S/c10-7-9(8-1-2-8)11-3-5-14(12,13)6-4-11/h8-9H,1-7,10H2. The predicted molar refractivity (Wildman–Crippen MR) is 55.8 cm³/mol. The fraction of sp³-hybridized carbons (Fsp3) is 1.00. The van der Waals surface area contributed by atoms with Crippen LogP contribution < -0.4 is 5.73 Å². The van der Waals surface area contributed by atoms with Gasteiger partial charge in [0.25, 0.3) is 0 Å². The lowest BCUT2D eigenvalue weighted by Gasteiger charge is -2.33. The molecule has 1 unspecified atom stereocenters. The van der Waals surface area contributed by atoms with E-state index < -0.39 is 9.84 Å². The van der Waals surface area contributed by atoms with Crippen LogP contribution in [0.25, 0.3) is 0 Å². The first kappa shape index (κ1) is 10.4. The van der Waals surface area contributed by atoms with Crippen LogP contribution in [0.5, 0.6) is 0 Å². The number of hydrogen-bond acceptors (Lipinski definition) is 4. The summed E-state index contributed by atoms with van der Waals surface area (Å²) in [6.07, 6.45) is 2.54. The third-order valence-electron chi connectivity index (χ3n) is 3.26. The molecule has 2 fully saturated rings. The van der Waals surface area contributed by atoms with Gasteiger partial charge in [0, 0.05) is 25.7 Å². The summed E-state index contributed by atoms with van der Waals surface area (Å²) in [6.45, 7) is 2.03. The van der Waals surface area contributed by atoms with Gasteiger partial charge in [0.1, 0.15) is 0 Å². The molecule has 0 aromatic heterocycles. The Labute approximate surface area is 85.4 Å². The SMILES string of the molecule is NCC(C1CC1)N1CCS(=O)(=O)CC1. The Morgan fingerprint density at radius 3 is 2.29 bits per heavy atom. The van der Waals surface area contributed by atoms with Crippen LogP contribution in [0.15, 0.2) is 0 Å². The Balaban J connectivity index is 1.93. The Morgan fingerprint density at radius 2 is 1.86 bits per heavy atom. The van der Waals surface area contributed by atoms with E-state index in [4.69, 9.17) is 5.73 Å². The molecule has 1 saturated carbocycles. The zero-order valence-corrected chi connectivity index (χ0v) is 9.17. The molecular weight excluding hydrogens is 200 g/mol.